The van der Waals surface area contributed by atoms with Gasteiger partial charge in [-0.1, -0.05) is 31.9 Å². The Hall–Kier alpha value is -0.870. The van der Waals surface area contributed by atoms with Crippen molar-refractivity contribution in [1.82, 2.24) is 0 Å². The molecule has 0 saturated heterocycles. The number of hydrogen-bond donors (Lipinski definition) is 3. The van der Waals surface area contributed by atoms with Crippen LogP contribution in [0.15, 0.2) is 11.1 Å². The summed E-state index contributed by atoms with van der Waals surface area (Å²) in [7, 11) is 0. The van der Waals surface area contributed by atoms with Gasteiger partial charge < -0.3 is 15.3 Å². The van der Waals surface area contributed by atoms with Crippen LogP contribution in [0.3, 0.4) is 0 Å². The first-order valence-corrected chi connectivity index (χ1v) is 11.5. The van der Waals surface area contributed by atoms with Crippen LogP contribution in [0.4, 0.5) is 0 Å². The van der Waals surface area contributed by atoms with Gasteiger partial charge in [0, 0.05) is 11.8 Å². The normalized spacial score (nSPS) is 46.5. The molecule has 4 nitrogen and oxygen atoms in total. The van der Waals surface area contributed by atoms with Gasteiger partial charge in [0.15, 0.2) is 0 Å². The van der Waals surface area contributed by atoms with Gasteiger partial charge in [0.2, 0.25) is 0 Å². The summed E-state index contributed by atoms with van der Waals surface area (Å²) in [5.74, 6) is 1.02. The minimum Gasteiger partial charge on any atom is -0.481 e. The average molecular weight is 391 g/mol. The summed E-state index contributed by atoms with van der Waals surface area (Å²) >= 11 is 0. The van der Waals surface area contributed by atoms with Gasteiger partial charge in [-0.05, 0) is 86.9 Å². The number of carbonyl (C=O) groups is 1. The Balaban J connectivity index is 1.64. The van der Waals surface area contributed by atoms with Crippen LogP contribution in [0.1, 0.15) is 85.0 Å². The van der Waals surface area contributed by atoms with Crippen molar-refractivity contribution in [2.75, 3.05) is 0 Å². The van der Waals surface area contributed by atoms with E-state index in [9.17, 15) is 15.0 Å². The lowest BCUT2D eigenvalue weighted by molar-refractivity contribution is -0.137. The molecule has 0 bridgehead atoms. The third kappa shape index (κ3) is 2.98. The molecule has 0 aromatic heterocycles. The van der Waals surface area contributed by atoms with Crippen LogP contribution >= 0.6 is 0 Å². The zero-order chi connectivity index (χ0) is 20.3. The van der Waals surface area contributed by atoms with E-state index in [0.29, 0.717) is 30.1 Å². The van der Waals surface area contributed by atoms with Crippen molar-refractivity contribution in [3.8, 4) is 0 Å². The SMILES string of the molecule is CC(CCC(=O)O)C1CCC2=C3CCC4CC(O)CCC4(C)C3CC(O)[C@@]21C. The van der Waals surface area contributed by atoms with Gasteiger partial charge in [-0.25, -0.2) is 0 Å². The number of carboxylic acid groups (broad SMARTS) is 1. The second kappa shape index (κ2) is 7.12. The lowest BCUT2D eigenvalue weighted by atomic mass is 9.48. The highest BCUT2D eigenvalue weighted by Crippen LogP contribution is 2.65. The summed E-state index contributed by atoms with van der Waals surface area (Å²) in [6.45, 7) is 6.88. The van der Waals surface area contributed by atoms with Gasteiger partial charge in [0.25, 0.3) is 0 Å². The molecule has 3 saturated carbocycles. The van der Waals surface area contributed by atoms with Crippen LogP contribution < -0.4 is 0 Å². The number of fused-ring (bicyclic) bond motifs is 4. The topological polar surface area (TPSA) is 77.8 Å². The summed E-state index contributed by atoms with van der Waals surface area (Å²) < 4.78 is 0. The van der Waals surface area contributed by atoms with Gasteiger partial charge in [-0.15, -0.1) is 0 Å². The molecule has 0 aliphatic heterocycles. The second-order valence-corrected chi connectivity index (χ2v) is 10.8. The van der Waals surface area contributed by atoms with E-state index in [4.69, 9.17) is 5.11 Å². The monoisotopic (exact) mass is 390 g/mol. The first-order valence-electron chi connectivity index (χ1n) is 11.5. The number of aliphatic carboxylic acids is 1. The zero-order valence-corrected chi connectivity index (χ0v) is 17.8. The van der Waals surface area contributed by atoms with Gasteiger partial charge in [0.05, 0.1) is 12.2 Å². The molecule has 3 fully saturated rings. The number of aliphatic hydroxyl groups excluding tert-OH is 2. The number of hydrogen-bond acceptors (Lipinski definition) is 3. The molecule has 0 aromatic rings. The van der Waals surface area contributed by atoms with Gasteiger partial charge in [0.1, 0.15) is 0 Å². The maximum absolute atomic E-state index is 11.4. The number of rotatable bonds is 4. The predicted octanol–water partition coefficient (Wildman–Crippen LogP) is 4.54. The molecule has 0 heterocycles. The van der Waals surface area contributed by atoms with Crippen LogP contribution in [-0.2, 0) is 4.79 Å². The van der Waals surface area contributed by atoms with E-state index in [0.717, 1.165) is 44.9 Å². The van der Waals surface area contributed by atoms with Crippen molar-refractivity contribution in [2.45, 2.75) is 97.2 Å². The molecule has 4 rings (SSSR count). The molecular formula is C24H38O4. The van der Waals surface area contributed by atoms with Crippen molar-refractivity contribution in [2.24, 2.45) is 34.5 Å². The Labute approximate surface area is 169 Å². The Morgan fingerprint density at radius 3 is 2.61 bits per heavy atom. The third-order valence-corrected chi connectivity index (χ3v) is 9.65. The smallest absolute Gasteiger partial charge is 0.303 e. The minimum absolute atomic E-state index is 0.142. The number of allylic oxidation sites excluding steroid dienone is 1. The van der Waals surface area contributed by atoms with Crippen molar-refractivity contribution >= 4 is 5.97 Å². The van der Waals surface area contributed by atoms with Crippen LogP contribution in [0.2, 0.25) is 0 Å². The fourth-order valence-electron chi connectivity index (χ4n) is 7.92. The van der Waals surface area contributed by atoms with Gasteiger partial charge >= 0.3 is 5.97 Å². The van der Waals surface area contributed by atoms with E-state index in [1.807, 2.05) is 0 Å². The van der Waals surface area contributed by atoms with Crippen molar-refractivity contribution < 1.29 is 20.1 Å². The first-order chi connectivity index (χ1) is 13.2. The fraction of sp³-hybridized carbons (Fsp3) is 0.875. The van der Waals surface area contributed by atoms with Crippen LogP contribution in [-0.4, -0.2) is 33.5 Å². The van der Waals surface area contributed by atoms with Crippen molar-refractivity contribution in [3.63, 3.8) is 0 Å². The van der Waals surface area contributed by atoms with Crippen LogP contribution in [0, 0.1) is 34.5 Å². The van der Waals surface area contributed by atoms with Crippen molar-refractivity contribution in [1.29, 1.82) is 0 Å². The zero-order valence-electron chi connectivity index (χ0n) is 17.8. The largest absolute Gasteiger partial charge is 0.481 e. The lowest BCUT2D eigenvalue weighted by Crippen LogP contribution is -2.52. The fourth-order valence-corrected chi connectivity index (χ4v) is 7.92. The maximum atomic E-state index is 11.4. The summed E-state index contributed by atoms with van der Waals surface area (Å²) in [5, 5.41) is 30.7. The first kappa shape index (κ1) is 20.4. The summed E-state index contributed by atoms with van der Waals surface area (Å²) in [4.78, 5) is 11.0. The quantitative estimate of drug-likeness (QED) is 0.616. The van der Waals surface area contributed by atoms with Crippen LogP contribution in [0.25, 0.3) is 0 Å². The molecule has 0 spiro atoms. The van der Waals surface area contributed by atoms with E-state index in [2.05, 4.69) is 20.8 Å². The Kier molecular flexibility index (Phi) is 5.19. The minimum atomic E-state index is -0.719. The summed E-state index contributed by atoms with van der Waals surface area (Å²) in [6, 6.07) is 0. The standard InChI is InChI=1S/C24H38O4/c1-14(4-9-22(27)28)18-7-8-19-17-6-5-15-12-16(25)10-11-23(15,2)20(17)13-21(26)24(18,19)3/h14-16,18,20-21,25-26H,4-13H2,1-3H3,(H,27,28)/t14?,15?,16?,18?,20?,21?,23?,24-/m1/s1. The Morgan fingerprint density at radius 2 is 1.89 bits per heavy atom. The molecule has 4 aliphatic carbocycles. The molecule has 0 aromatic carbocycles. The van der Waals surface area contributed by atoms with E-state index in [-0.39, 0.29) is 29.5 Å². The highest BCUT2D eigenvalue weighted by atomic mass is 16.4. The average Bonchev–Trinajstić information content (AvgIpc) is 3.00. The molecule has 8 atom stereocenters. The molecule has 4 heteroatoms. The summed E-state index contributed by atoms with van der Waals surface area (Å²) in [6.07, 6.45) is 8.65. The molecule has 0 amide bonds. The number of carboxylic acids is 1. The predicted molar refractivity (Wildman–Crippen MR) is 109 cm³/mol. The van der Waals surface area contributed by atoms with E-state index >= 15 is 0 Å². The molecule has 3 N–H and O–H groups in total. The van der Waals surface area contributed by atoms with E-state index < -0.39 is 5.97 Å². The van der Waals surface area contributed by atoms with E-state index in [1.165, 1.54) is 12.0 Å². The maximum Gasteiger partial charge on any atom is 0.303 e. The van der Waals surface area contributed by atoms with Gasteiger partial charge in [-0.3, -0.25) is 4.79 Å². The lowest BCUT2D eigenvalue weighted by Gasteiger charge is -2.58. The number of aliphatic hydroxyl groups is 2. The molecule has 7 unspecified atom stereocenters. The Bertz CT molecular complexity index is 670. The van der Waals surface area contributed by atoms with Gasteiger partial charge in [-0.2, -0.15) is 0 Å². The molecule has 0 radical (unpaired) electrons. The Morgan fingerprint density at radius 1 is 1.14 bits per heavy atom. The molecule has 4 aliphatic rings. The van der Waals surface area contributed by atoms with E-state index in [1.54, 1.807) is 5.57 Å². The van der Waals surface area contributed by atoms with Crippen LogP contribution in [0.5, 0.6) is 0 Å². The summed E-state index contributed by atoms with van der Waals surface area (Å²) in [5.41, 5.74) is 3.20. The van der Waals surface area contributed by atoms with Crippen molar-refractivity contribution in [3.05, 3.63) is 11.1 Å². The highest BCUT2D eigenvalue weighted by molar-refractivity contribution is 5.66. The third-order valence-electron chi connectivity index (χ3n) is 9.65. The molecule has 158 valence electrons. The highest BCUT2D eigenvalue weighted by Gasteiger charge is 2.58. The second-order valence-electron chi connectivity index (χ2n) is 10.8. The molecule has 28 heavy (non-hydrogen) atoms. The molecular weight excluding hydrogens is 352 g/mol.